The van der Waals surface area contributed by atoms with Crippen molar-refractivity contribution in [1.29, 1.82) is 0 Å². The van der Waals surface area contributed by atoms with Crippen LogP contribution in [-0.4, -0.2) is 30.2 Å². The molecule has 72 valence electrons. The van der Waals surface area contributed by atoms with E-state index in [4.69, 9.17) is 4.74 Å². The van der Waals surface area contributed by atoms with Crippen molar-refractivity contribution < 1.29 is 23.8 Å². The lowest BCUT2D eigenvalue weighted by Gasteiger charge is -2.20. The van der Waals surface area contributed by atoms with Crippen LogP contribution in [0.15, 0.2) is 0 Å². The Bertz CT molecular complexity index is 269. The van der Waals surface area contributed by atoms with Crippen LogP contribution in [0.25, 0.3) is 0 Å². The van der Waals surface area contributed by atoms with E-state index in [-0.39, 0.29) is 5.54 Å². The minimum absolute atomic E-state index is 0.299. The van der Waals surface area contributed by atoms with E-state index in [1.165, 1.54) is 0 Å². The summed E-state index contributed by atoms with van der Waals surface area (Å²) in [5.41, 5.74) is -0.384. The van der Waals surface area contributed by atoms with E-state index in [1.54, 1.807) is 0 Å². The van der Waals surface area contributed by atoms with E-state index < -0.39 is 18.0 Å². The van der Waals surface area contributed by atoms with Crippen molar-refractivity contribution >= 4 is 11.9 Å². The standard InChI is InChI=1S/C7H9NO5/c1-6(2)3-11-7(8-6)12-4(9)5(10)13-7/h8H,3H2,1-2H3. The summed E-state index contributed by atoms with van der Waals surface area (Å²) in [5.74, 6) is -2.07. The van der Waals surface area contributed by atoms with Crippen LogP contribution in [0.1, 0.15) is 13.8 Å². The smallest absolute Gasteiger partial charge is 0.376 e. The van der Waals surface area contributed by atoms with Gasteiger partial charge in [0.05, 0.1) is 6.61 Å². The third-order valence-electron chi connectivity index (χ3n) is 1.74. The maximum Gasteiger partial charge on any atom is 0.449 e. The van der Waals surface area contributed by atoms with Gasteiger partial charge in [-0.15, -0.1) is 0 Å². The van der Waals surface area contributed by atoms with Gasteiger partial charge in [0, 0.05) is 5.54 Å². The van der Waals surface area contributed by atoms with Crippen LogP contribution in [0, 0.1) is 0 Å². The van der Waals surface area contributed by atoms with Crippen molar-refractivity contribution in [2.45, 2.75) is 25.5 Å². The van der Waals surface area contributed by atoms with E-state index >= 15 is 0 Å². The van der Waals surface area contributed by atoms with Gasteiger partial charge in [-0.1, -0.05) is 0 Å². The summed E-state index contributed by atoms with van der Waals surface area (Å²) in [7, 11) is 0. The minimum atomic E-state index is -1.68. The summed E-state index contributed by atoms with van der Waals surface area (Å²) in [4.78, 5) is 21.5. The molecule has 2 saturated heterocycles. The zero-order chi connectivity index (χ0) is 9.69. The molecule has 0 amide bonds. The van der Waals surface area contributed by atoms with Gasteiger partial charge in [-0.3, -0.25) is 4.74 Å². The number of carbonyl (C=O) groups is 2. The average molecular weight is 187 g/mol. The number of hydrogen-bond donors (Lipinski definition) is 1. The van der Waals surface area contributed by atoms with Crippen molar-refractivity contribution in [3.63, 3.8) is 0 Å². The molecular formula is C7H9NO5. The molecule has 6 nitrogen and oxygen atoms in total. The predicted octanol–water partition coefficient (Wildman–Crippen LogP) is -0.904. The van der Waals surface area contributed by atoms with Crippen LogP contribution in [0.2, 0.25) is 0 Å². The van der Waals surface area contributed by atoms with Crippen LogP contribution in [0.4, 0.5) is 0 Å². The Hall–Kier alpha value is -1.14. The molecule has 1 spiro atoms. The molecule has 0 radical (unpaired) electrons. The highest BCUT2D eigenvalue weighted by Gasteiger charge is 2.57. The number of carbonyl (C=O) groups excluding carboxylic acids is 2. The molecule has 1 N–H and O–H groups in total. The Balaban J connectivity index is 2.18. The molecule has 2 rings (SSSR count). The maximum atomic E-state index is 10.7. The number of hydrogen-bond acceptors (Lipinski definition) is 6. The van der Waals surface area contributed by atoms with Gasteiger partial charge in [0.25, 0.3) is 0 Å². The number of esters is 2. The van der Waals surface area contributed by atoms with E-state index in [0.29, 0.717) is 6.61 Å². The first-order valence-corrected chi connectivity index (χ1v) is 3.82. The van der Waals surface area contributed by atoms with Crippen molar-refractivity contribution in [2.75, 3.05) is 6.61 Å². The van der Waals surface area contributed by atoms with Crippen LogP contribution < -0.4 is 5.32 Å². The zero-order valence-electron chi connectivity index (χ0n) is 7.25. The molecule has 2 aliphatic heterocycles. The lowest BCUT2D eigenvalue weighted by atomic mass is 10.1. The van der Waals surface area contributed by atoms with Gasteiger partial charge in [0.15, 0.2) is 0 Å². The molecule has 0 aromatic heterocycles. The second-order valence-corrected chi connectivity index (χ2v) is 3.63. The van der Waals surface area contributed by atoms with Crippen LogP contribution >= 0.6 is 0 Å². The van der Waals surface area contributed by atoms with Gasteiger partial charge < -0.3 is 9.47 Å². The van der Waals surface area contributed by atoms with Crippen LogP contribution in [0.3, 0.4) is 0 Å². The van der Waals surface area contributed by atoms with Crippen LogP contribution in [-0.2, 0) is 23.8 Å². The highest BCUT2D eigenvalue weighted by molar-refractivity contribution is 6.31. The fourth-order valence-corrected chi connectivity index (χ4v) is 1.22. The highest BCUT2D eigenvalue weighted by atomic mass is 16.9. The van der Waals surface area contributed by atoms with Gasteiger partial charge in [0.1, 0.15) is 0 Å². The Morgan fingerprint density at radius 2 is 1.77 bits per heavy atom. The summed E-state index contributed by atoms with van der Waals surface area (Å²) in [5, 5.41) is 2.76. The Kier molecular flexibility index (Phi) is 1.44. The third kappa shape index (κ3) is 1.27. The molecule has 0 saturated carbocycles. The van der Waals surface area contributed by atoms with E-state index in [9.17, 15) is 9.59 Å². The SMILES string of the molecule is CC1(C)COC2(N1)OC(=O)C(=O)O2. The molecule has 0 bridgehead atoms. The fourth-order valence-electron chi connectivity index (χ4n) is 1.22. The molecular weight excluding hydrogens is 178 g/mol. The molecule has 0 aliphatic carbocycles. The monoisotopic (exact) mass is 187 g/mol. The molecule has 2 aliphatic rings. The maximum absolute atomic E-state index is 10.7. The van der Waals surface area contributed by atoms with Crippen LogP contribution in [0.5, 0.6) is 0 Å². The molecule has 2 heterocycles. The Labute approximate surface area is 74.1 Å². The first kappa shape index (κ1) is 8.46. The average Bonchev–Trinajstić information content (AvgIpc) is 2.38. The van der Waals surface area contributed by atoms with Crippen molar-refractivity contribution in [2.24, 2.45) is 0 Å². The second kappa shape index (κ2) is 2.21. The number of ether oxygens (including phenoxy) is 3. The van der Waals surface area contributed by atoms with Crippen molar-refractivity contribution in [3.05, 3.63) is 0 Å². The zero-order valence-corrected chi connectivity index (χ0v) is 7.25. The molecule has 2 fully saturated rings. The number of nitrogens with one attached hydrogen (secondary N) is 1. The number of rotatable bonds is 0. The Morgan fingerprint density at radius 1 is 1.23 bits per heavy atom. The topological polar surface area (TPSA) is 73.9 Å². The van der Waals surface area contributed by atoms with Gasteiger partial charge in [-0.25, -0.2) is 14.9 Å². The summed E-state index contributed by atoms with van der Waals surface area (Å²) in [6.07, 6.45) is -1.68. The molecule has 6 heteroatoms. The highest BCUT2D eigenvalue weighted by Crippen LogP contribution is 2.29. The largest absolute Gasteiger partial charge is 0.449 e. The quantitative estimate of drug-likeness (QED) is 0.391. The predicted molar refractivity (Wildman–Crippen MR) is 38.1 cm³/mol. The van der Waals surface area contributed by atoms with Gasteiger partial charge >= 0.3 is 18.0 Å². The molecule has 0 atom stereocenters. The van der Waals surface area contributed by atoms with E-state index in [2.05, 4.69) is 14.8 Å². The first-order chi connectivity index (χ1) is 5.93. The van der Waals surface area contributed by atoms with Crippen molar-refractivity contribution in [3.8, 4) is 0 Å². The minimum Gasteiger partial charge on any atom is -0.376 e. The summed E-state index contributed by atoms with van der Waals surface area (Å²) < 4.78 is 14.3. The fraction of sp³-hybridized carbons (Fsp3) is 0.714. The summed E-state index contributed by atoms with van der Waals surface area (Å²) in [6, 6.07) is 0. The molecule has 0 unspecified atom stereocenters. The lowest BCUT2D eigenvalue weighted by Crippen LogP contribution is -2.49. The molecule has 0 aromatic rings. The van der Waals surface area contributed by atoms with Gasteiger partial charge in [0.2, 0.25) is 0 Å². The Morgan fingerprint density at radius 3 is 2.15 bits per heavy atom. The third-order valence-corrected chi connectivity index (χ3v) is 1.74. The molecule has 13 heavy (non-hydrogen) atoms. The lowest BCUT2D eigenvalue weighted by molar-refractivity contribution is -0.307. The van der Waals surface area contributed by atoms with E-state index in [1.807, 2.05) is 13.8 Å². The normalized spacial score (nSPS) is 29.1. The summed E-state index contributed by atoms with van der Waals surface area (Å²) in [6.45, 7) is 3.97. The summed E-state index contributed by atoms with van der Waals surface area (Å²) >= 11 is 0. The van der Waals surface area contributed by atoms with E-state index in [0.717, 1.165) is 0 Å². The van der Waals surface area contributed by atoms with Gasteiger partial charge in [-0.05, 0) is 13.8 Å². The second-order valence-electron chi connectivity index (χ2n) is 3.63. The van der Waals surface area contributed by atoms with Crippen molar-refractivity contribution in [1.82, 2.24) is 5.32 Å². The molecule has 0 aromatic carbocycles. The van der Waals surface area contributed by atoms with Gasteiger partial charge in [-0.2, -0.15) is 0 Å². The first-order valence-electron chi connectivity index (χ1n) is 3.82.